The number of hydrogen-bond donors (Lipinski definition) is 0. The molecule has 2 aromatic carbocycles. The highest BCUT2D eigenvalue weighted by molar-refractivity contribution is 6.43. The Morgan fingerprint density at radius 3 is 2.43 bits per heavy atom. The number of amides is 2. The van der Waals surface area contributed by atoms with E-state index in [9.17, 15) is 14.4 Å². The van der Waals surface area contributed by atoms with Crippen LogP contribution in [0.5, 0.6) is 5.75 Å². The predicted octanol–water partition coefficient (Wildman–Crippen LogP) is 4.88. The number of rotatable bonds is 4. The number of halogens is 3. The highest BCUT2D eigenvalue weighted by Gasteiger charge is 2.42. The minimum atomic E-state index is -1.11. The SMILES string of the molecule is O=C(Oc1cc(Cl)c(Cl)cc1Cl)[C@@H]1CCC(=O)N1C(=O)OCc1ccccc1. The molecule has 2 aromatic rings. The summed E-state index contributed by atoms with van der Waals surface area (Å²) in [7, 11) is 0. The number of ether oxygens (including phenoxy) is 2. The zero-order valence-corrected chi connectivity index (χ0v) is 16.6. The van der Waals surface area contributed by atoms with Gasteiger partial charge >= 0.3 is 12.1 Å². The van der Waals surface area contributed by atoms with Gasteiger partial charge in [0.05, 0.1) is 15.1 Å². The van der Waals surface area contributed by atoms with Crippen molar-refractivity contribution >= 4 is 52.8 Å². The Balaban J connectivity index is 1.70. The Morgan fingerprint density at radius 1 is 1.04 bits per heavy atom. The molecule has 0 unspecified atom stereocenters. The molecule has 3 rings (SSSR count). The zero-order chi connectivity index (χ0) is 20.3. The highest BCUT2D eigenvalue weighted by atomic mass is 35.5. The van der Waals surface area contributed by atoms with E-state index in [1.807, 2.05) is 6.07 Å². The number of benzene rings is 2. The molecule has 0 bridgehead atoms. The van der Waals surface area contributed by atoms with Crippen molar-refractivity contribution < 1.29 is 23.9 Å². The van der Waals surface area contributed by atoms with Crippen molar-refractivity contribution in [2.24, 2.45) is 0 Å². The molecule has 0 aliphatic carbocycles. The van der Waals surface area contributed by atoms with Gasteiger partial charge in [0.2, 0.25) is 5.91 Å². The van der Waals surface area contributed by atoms with Gasteiger partial charge in [-0.15, -0.1) is 0 Å². The summed E-state index contributed by atoms with van der Waals surface area (Å²) in [6.45, 7) is -0.0240. The number of esters is 1. The van der Waals surface area contributed by atoms with Crippen molar-refractivity contribution in [3.05, 3.63) is 63.1 Å². The van der Waals surface area contributed by atoms with Crippen molar-refractivity contribution in [1.82, 2.24) is 4.90 Å². The van der Waals surface area contributed by atoms with Gasteiger partial charge in [0, 0.05) is 12.5 Å². The molecule has 0 spiro atoms. The standard InChI is InChI=1S/C19H14Cl3NO5/c20-12-8-14(22)16(9-13(12)21)28-18(25)15-6-7-17(24)23(15)19(26)27-10-11-4-2-1-3-5-11/h1-5,8-9,15H,6-7,10H2/t15-/m0/s1. The first-order valence-electron chi connectivity index (χ1n) is 8.26. The maximum absolute atomic E-state index is 12.5. The predicted molar refractivity (Wildman–Crippen MR) is 104 cm³/mol. The van der Waals surface area contributed by atoms with Crippen LogP contribution in [0.15, 0.2) is 42.5 Å². The summed E-state index contributed by atoms with van der Waals surface area (Å²) in [6.07, 6.45) is -0.764. The molecular weight excluding hydrogens is 429 g/mol. The number of carbonyl (C=O) groups is 3. The molecule has 9 heteroatoms. The second-order valence-corrected chi connectivity index (χ2v) is 7.20. The minimum Gasteiger partial charge on any atom is -0.444 e. The second-order valence-electron chi connectivity index (χ2n) is 5.98. The van der Waals surface area contributed by atoms with Crippen molar-refractivity contribution in [2.75, 3.05) is 0 Å². The van der Waals surface area contributed by atoms with Crippen molar-refractivity contribution in [1.29, 1.82) is 0 Å². The van der Waals surface area contributed by atoms with Crippen LogP contribution < -0.4 is 4.74 Å². The van der Waals surface area contributed by atoms with Gasteiger partial charge in [-0.2, -0.15) is 0 Å². The summed E-state index contributed by atoms with van der Waals surface area (Å²) >= 11 is 17.8. The lowest BCUT2D eigenvalue weighted by atomic mass is 10.2. The molecule has 1 atom stereocenters. The fourth-order valence-electron chi connectivity index (χ4n) is 2.68. The molecule has 1 aliphatic rings. The van der Waals surface area contributed by atoms with Crippen LogP contribution in [0.1, 0.15) is 18.4 Å². The molecule has 0 aromatic heterocycles. The monoisotopic (exact) mass is 441 g/mol. The minimum absolute atomic E-state index is 0.0157. The lowest BCUT2D eigenvalue weighted by molar-refractivity contribution is -0.142. The first-order chi connectivity index (χ1) is 13.4. The van der Waals surface area contributed by atoms with Crippen LogP contribution in [0.25, 0.3) is 0 Å². The van der Waals surface area contributed by atoms with Gasteiger partial charge in [0.15, 0.2) is 5.75 Å². The van der Waals surface area contributed by atoms with Crippen LogP contribution in [0, 0.1) is 0 Å². The number of nitrogens with zero attached hydrogens (tertiary/aromatic N) is 1. The quantitative estimate of drug-likeness (QED) is 0.383. The Kier molecular flexibility index (Phi) is 6.44. The van der Waals surface area contributed by atoms with Crippen LogP contribution in [-0.2, 0) is 20.9 Å². The maximum Gasteiger partial charge on any atom is 0.417 e. The van der Waals surface area contributed by atoms with Gasteiger partial charge < -0.3 is 9.47 Å². The van der Waals surface area contributed by atoms with Gasteiger partial charge in [-0.25, -0.2) is 14.5 Å². The third-order valence-electron chi connectivity index (χ3n) is 4.07. The molecule has 1 fully saturated rings. The van der Waals surface area contributed by atoms with E-state index in [0.29, 0.717) is 0 Å². The molecule has 1 heterocycles. The largest absolute Gasteiger partial charge is 0.444 e. The molecule has 1 aliphatic heterocycles. The molecule has 0 N–H and O–H groups in total. The van der Waals surface area contributed by atoms with E-state index in [1.54, 1.807) is 24.3 Å². The first-order valence-corrected chi connectivity index (χ1v) is 9.39. The molecule has 0 saturated carbocycles. The normalized spacial score (nSPS) is 16.2. The molecular formula is C19H14Cl3NO5. The van der Waals surface area contributed by atoms with Gasteiger partial charge in [-0.3, -0.25) is 4.79 Å². The summed E-state index contributed by atoms with van der Waals surface area (Å²) in [6, 6.07) is 10.5. The van der Waals surface area contributed by atoms with E-state index in [0.717, 1.165) is 10.5 Å². The van der Waals surface area contributed by atoms with E-state index in [2.05, 4.69) is 0 Å². The number of hydrogen-bond acceptors (Lipinski definition) is 5. The fraction of sp³-hybridized carbons (Fsp3) is 0.211. The van der Waals surface area contributed by atoms with Gasteiger partial charge in [-0.05, 0) is 18.1 Å². The molecule has 28 heavy (non-hydrogen) atoms. The van der Waals surface area contributed by atoms with Gasteiger partial charge in [-0.1, -0.05) is 65.1 Å². The van der Waals surface area contributed by atoms with Crippen LogP contribution in [-0.4, -0.2) is 28.9 Å². The smallest absolute Gasteiger partial charge is 0.417 e. The second kappa shape index (κ2) is 8.82. The van der Waals surface area contributed by atoms with Crippen molar-refractivity contribution in [2.45, 2.75) is 25.5 Å². The van der Waals surface area contributed by atoms with Crippen LogP contribution in [0.2, 0.25) is 15.1 Å². The molecule has 1 saturated heterocycles. The van der Waals surface area contributed by atoms with Crippen LogP contribution in [0.3, 0.4) is 0 Å². The van der Waals surface area contributed by atoms with Crippen molar-refractivity contribution in [3.63, 3.8) is 0 Å². The van der Waals surface area contributed by atoms with E-state index in [-0.39, 0.29) is 40.3 Å². The molecule has 146 valence electrons. The van der Waals surface area contributed by atoms with E-state index in [4.69, 9.17) is 44.3 Å². The molecule has 2 amide bonds. The highest BCUT2D eigenvalue weighted by Crippen LogP contribution is 2.34. The summed E-state index contributed by atoms with van der Waals surface area (Å²) in [4.78, 5) is 37.8. The first kappa shape index (κ1) is 20.5. The summed E-state index contributed by atoms with van der Waals surface area (Å²) in [5.74, 6) is -1.35. The van der Waals surface area contributed by atoms with Crippen LogP contribution >= 0.6 is 34.8 Å². The maximum atomic E-state index is 12.5. The third-order valence-corrected chi connectivity index (χ3v) is 5.09. The van der Waals surface area contributed by atoms with E-state index >= 15 is 0 Å². The average molecular weight is 443 g/mol. The van der Waals surface area contributed by atoms with E-state index < -0.39 is 24.0 Å². The summed E-state index contributed by atoms with van der Waals surface area (Å²) in [5, 5.41) is 0.425. The fourth-order valence-corrected chi connectivity index (χ4v) is 3.26. The average Bonchev–Trinajstić information content (AvgIpc) is 3.06. The zero-order valence-electron chi connectivity index (χ0n) is 14.4. The van der Waals surface area contributed by atoms with Crippen molar-refractivity contribution in [3.8, 4) is 5.75 Å². The number of imide groups is 1. The third kappa shape index (κ3) is 4.58. The molecule has 0 radical (unpaired) electrons. The summed E-state index contributed by atoms with van der Waals surface area (Å²) in [5.41, 5.74) is 0.754. The number of likely N-dealkylation sites (tertiary alicyclic amines) is 1. The topological polar surface area (TPSA) is 72.9 Å². The number of carbonyl (C=O) groups excluding carboxylic acids is 3. The Labute approximate surface area is 175 Å². The lowest BCUT2D eigenvalue weighted by Crippen LogP contribution is -2.44. The Hall–Kier alpha value is -2.28. The Morgan fingerprint density at radius 2 is 1.71 bits per heavy atom. The summed E-state index contributed by atoms with van der Waals surface area (Å²) < 4.78 is 10.4. The van der Waals surface area contributed by atoms with Gasteiger partial charge in [0.1, 0.15) is 12.6 Å². The van der Waals surface area contributed by atoms with Crippen LogP contribution in [0.4, 0.5) is 4.79 Å². The lowest BCUT2D eigenvalue weighted by Gasteiger charge is -2.21. The Bertz CT molecular complexity index is 919. The van der Waals surface area contributed by atoms with E-state index in [1.165, 1.54) is 12.1 Å². The van der Waals surface area contributed by atoms with Gasteiger partial charge in [0.25, 0.3) is 0 Å². The molecule has 6 nitrogen and oxygen atoms in total.